The second kappa shape index (κ2) is 7.45. The van der Waals surface area contributed by atoms with Crippen molar-refractivity contribution in [3.8, 4) is 11.5 Å². The number of halogens is 1. The SMILES string of the molecule is O=C(O)C1CCCCN1Cc1ccc(Oc2cccc(F)c2)cc1. The number of aliphatic carboxylic acids is 1. The number of nitrogens with zero attached hydrogens (tertiary/aromatic N) is 1. The standard InChI is InChI=1S/C19H20FNO3/c20-15-4-3-5-17(12-15)24-16-9-7-14(8-10-16)13-21-11-2-1-6-18(21)19(22)23/h3-5,7-10,12,18H,1-2,6,11,13H2,(H,22,23). The van der Waals surface area contributed by atoms with Crippen LogP contribution in [0.25, 0.3) is 0 Å². The van der Waals surface area contributed by atoms with Gasteiger partial charge in [0.1, 0.15) is 23.4 Å². The van der Waals surface area contributed by atoms with Gasteiger partial charge in [-0.1, -0.05) is 24.6 Å². The third-order valence-corrected chi connectivity index (χ3v) is 4.24. The van der Waals surface area contributed by atoms with Crippen LogP contribution in [0.15, 0.2) is 48.5 Å². The summed E-state index contributed by atoms with van der Waals surface area (Å²) in [5.41, 5.74) is 1.04. The van der Waals surface area contributed by atoms with Gasteiger partial charge in [0.15, 0.2) is 0 Å². The molecule has 0 spiro atoms. The molecule has 1 heterocycles. The maximum atomic E-state index is 13.2. The summed E-state index contributed by atoms with van der Waals surface area (Å²) in [6.07, 6.45) is 2.70. The second-order valence-corrected chi connectivity index (χ2v) is 6.02. The number of piperidine rings is 1. The van der Waals surface area contributed by atoms with Crippen LogP contribution in [0.1, 0.15) is 24.8 Å². The predicted molar refractivity (Wildman–Crippen MR) is 88.6 cm³/mol. The first-order valence-electron chi connectivity index (χ1n) is 8.11. The van der Waals surface area contributed by atoms with E-state index < -0.39 is 12.0 Å². The van der Waals surface area contributed by atoms with Gasteiger partial charge < -0.3 is 9.84 Å². The Morgan fingerprint density at radius 3 is 2.67 bits per heavy atom. The van der Waals surface area contributed by atoms with Gasteiger partial charge in [-0.25, -0.2) is 4.39 Å². The number of benzene rings is 2. The Kier molecular flexibility index (Phi) is 5.11. The van der Waals surface area contributed by atoms with Gasteiger partial charge in [-0.3, -0.25) is 9.69 Å². The molecule has 1 aliphatic heterocycles. The third kappa shape index (κ3) is 4.11. The molecule has 4 nitrogen and oxygen atoms in total. The van der Waals surface area contributed by atoms with Gasteiger partial charge in [0.25, 0.3) is 0 Å². The molecule has 1 atom stereocenters. The number of likely N-dealkylation sites (tertiary alicyclic amines) is 1. The van der Waals surface area contributed by atoms with Crippen molar-refractivity contribution >= 4 is 5.97 Å². The highest BCUT2D eigenvalue weighted by Crippen LogP contribution is 2.24. The molecule has 1 aliphatic rings. The highest BCUT2D eigenvalue weighted by atomic mass is 19.1. The van der Waals surface area contributed by atoms with Crippen molar-refractivity contribution in [1.82, 2.24) is 4.90 Å². The van der Waals surface area contributed by atoms with Crippen LogP contribution in [0.2, 0.25) is 0 Å². The summed E-state index contributed by atoms with van der Waals surface area (Å²) in [7, 11) is 0. The Morgan fingerprint density at radius 2 is 1.96 bits per heavy atom. The number of ether oxygens (including phenoxy) is 1. The van der Waals surface area contributed by atoms with E-state index in [-0.39, 0.29) is 5.82 Å². The van der Waals surface area contributed by atoms with Gasteiger partial charge in [-0.2, -0.15) is 0 Å². The molecule has 0 saturated carbocycles. The molecule has 2 aromatic carbocycles. The van der Waals surface area contributed by atoms with E-state index in [1.54, 1.807) is 12.1 Å². The Morgan fingerprint density at radius 1 is 1.17 bits per heavy atom. The van der Waals surface area contributed by atoms with Crippen LogP contribution < -0.4 is 4.74 Å². The summed E-state index contributed by atoms with van der Waals surface area (Å²) in [5.74, 6) is -0.0165. The summed E-state index contributed by atoms with van der Waals surface area (Å²) in [6.45, 7) is 1.41. The lowest BCUT2D eigenvalue weighted by Crippen LogP contribution is -2.43. The Balaban J connectivity index is 1.64. The zero-order valence-corrected chi connectivity index (χ0v) is 13.3. The fourth-order valence-corrected chi connectivity index (χ4v) is 3.02. The van der Waals surface area contributed by atoms with Crippen LogP contribution >= 0.6 is 0 Å². The van der Waals surface area contributed by atoms with E-state index in [0.717, 1.165) is 24.9 Å². The summed E-state index contributed by atoms with van der Waals surface area (Å²) in [5, 5.41) is 9.33. The molecule has 0 aliphatic carbocycles. The summed E-state index contributed by atoms with van der Waals surface area (Å²) in [4.78, 5) is 13.4. The van der Waals surface area contributed by atoms with Crippen molar-refractivity contribution in [3.63, 3.8) is 0 Å². The van der Waals surface area contributed by atoms with E-state index in [1.165, 1.54) is 12.1 Å². The van der Waals surface area contributed by atoms with Gasteiger partial charge in [0.05, 0.1) is 0 Å². The van der Waals surface area contributed by atoms with Crippen molar-refractivity contribution in [3.05, 3.63) is 59.9 Å². The summed E-state index contributed by atoms with van der Waals surface area (Å²) < 4.78 is 18.8. The molecule has 1 N–H and O–H groups in total. The quantitative estimate of drug-likeness (QED) is 0.899. The van der Waals surface area contributed by atoms with E-state index in [1.807, 2.05) is 29.2 Å². The minimum atomic E-state index is -0.749. The predicted octanol–water partition coefficient (Wildman–Crippen LogP) is 4.06. The molecule has 0 bridgehead atoms. The first-order valence-corrected chi connectivity index (χ1v) is 8.11. The van der Waals surface area contributed by atoms with E-state index in [0.29, 0.717) is 24.5 Å². The molecule has 1 unspecified atom stereocenters. The van der Waals surface area contributed by atoms with Crippen LogP contribution in [0, 0.1) is 5.82 Å². The number of hydrogen-bond donors (Lipinski definition) is 1. The maximum absolute atomic E-state index is 13.2. The molecule has 0 amide bonds. The first kappa shape index (κ1) is 16.5. The number of carboxylic acid groups (broad SMARTS) is 1. The lowest BCUT2D eigenvalue weighted by Gasteiger charge is -2.32. The number of carbonyl (C=O) groups is 1. The molecule has 1 fully saturated rings. The van der Waals surface area contributed by atoms with E-state index in [9.17, 15) is 14.3 Å². The van der Waals surface area contributed by atoms with Crippen molar-refractivity contribution in [2.75, 3.05) is 6.54 Å². The minimum Gasteiger partial charge on any atom is -0.480 e. The summed E-state index contributed by atoms with van der Waals surface area (Å²) >= 11 is 0. The summed E-state index contributed by atoms with van der Waals surface area (Å²) in [6, 6.07) is 13.1. The Labute approximate surface area is 140 Å². The fraction of sp³-hybridized carbons (Fsp3) is 0.316. The van der Waals surface area contributed by atoms with Crippen LogP contribution in [-0.2, 0) is 11.3 Å². The van der Waals surface area contributed by atoms with Crippen molar-refractivity contribution < 1.29 is 19.0 Å². The molecular weight excluding hydrogens is 309 g/mol. The van der Waals surface area contributed by atoms with Crippen molar-refractivity contribution in [2.24, 2.45) is 0 Å². The number of rotatable bonds is 5. The van der Waals surface area contributed by atoms with E-state index >= 15 is 0 Å². The Hall–Kier alpha value is -2.40. The smallest absolute Gasteiger partial charge is 0.320 e. The van der Waals surface area contributed by atoms with Crippen LogP contribution in [0.3, 0.4) is 0 Å². The molecule has 126 valence electrons. The second-order valence-electron chi connectivity index (χ2n) is 6.02. The normalized spacial score (nSPS) is 18.3. The molecular formula is C19H20FNO3. The lowest BCUT2D eigenvalue weighted by atomic mass is 10.0. The van der Waals surface area contributed by atoms with Crippen LogP contribution in [-0.4, -0.2) is 28.6 Å². The molecule has 1 saturated heterocycles. The average molecular weight is 329 g/mol. The lowest BCUT2D eigenvalue weighted by molar-refractivity contribution is -0.144. The molecule has 3 rings (SSSR count). The van der Waals surface area contributed by atoms with Crippen LogP contribution in [0.5, 0.6) is 11.5 Å². The van der Waals surface area contributed by atoms with Crippen LogP contribution in [0.4, 0.5) is 4.39 Å². The zero-order valence-electron chi connectivity index (χ0n) is 13.3. The van der Waals surface area contributed by atoms with Crippen molar-refractivity contribution in [1.29, 1.82) is 0 Å². The van der Waals surface area contributed by atoms with Gasteiger partial charge >= 0.3 is 5.97 Å². The molecule has 2 aromatic rings. The number of hydrogen-bond acceptors (Lipinski definition) is 3. The van der Waals surface area contributed by atoms with E-state index in [2.05, 4.69) is 0 Å². The zero-order chi connectivity index (χ0) is 16.9. The van der Waals surface area contributed by atoms with Gasteiger partial charge in [-0.05, 0) is 49.2 Å². The van der Waals surface area contributed by atoms with Gasteiger partial charge in [0.2, 0.25) is 0 Å². The highest BCUT2D eigenvalue weighted by Gasteiger charge is 2.28. The fourth-order valence-electron chi connectivity index (χ4n) is 3.02. The maximum Gasteiger partial charge on any atom is 0.320 e. The minimum absolute atomic E-state index is 0.339. The molecule has 24 heavy (non-hydrogen) atoms. The highest BCUT2D eigenvalue weighted by molar-refractivity contribution is 5.73. The molecule has 5 heteroatoms. The molecule has 0 aromatic heterocycles. The average Bonchev–Trinajstić information content (AvgIpc) is 2.57. The van der Waals surface area contributed by atoms with Crippen molar-refractivity contribution in [2.45, 2.75) is 31.8 Å². The Bertz CT molecular complexity index is 702. The van der Waals surface area contributed by atoms with Gasteiger partial charge in [0, 0.05) is 12.6 Å². The van der Waals surface area contributed by atoms with Gasteiger partial charge in [-0.15, -0.1) is 0 Å². The first-order chi connectivity index (χ1) is 11.6. The van der Waals surface area contributed by atoms with E-state index in [4.69, 9.17) is 4.74 Å². The monoisotopic (exact) mass is 329 g/mol. The largest absolute Gasteiger partial charge is 0.480 e. The number of carboxylic acids is 1. The third-order valence-electron chi connectivity index (χ3n) is 4.24. The topological polar surface area (TPSA) is 49.8 Å². The molecule has 0 radical (unpaired) electrons.